The third kappa shape index (κ3) is 4.18. The summed E-state index contributed by atoms with van der Waals surface area (Å²) in [5.41, 5.74) is 2.00. The van der Waals surface area contributed by atoms with Crippen LogP contribution in [0, 0.1) is 0 Å². The Balaban J connectivity index is 2.03. The van der Waals surface area contributed by atoms with E-state index in [2.05, 4.69) is 31.9 Å². The van der Waals surface area contributed by atoms with Crippen LogP contribution in [0.15, 0.2) is 53.0 Å². The van der Waals surface area contributed by atoms with Crippen molar-refractivity contribution in [2.45, 2.75) is 11.8 Å². The molecule has 0 bridgehead atoms. The van der Waals surface area contributed by atoms with Crippen LogP contribution in [0.5, 0.6) is 5.75 Å². The first-order valence-electron chi connectivity index (χ1n) is 5.78. The van der Waals surface area contributed by atoms with Crippen molar-refractivity contribution in [1.82, 2.24) is 0 Å². The molecule has 0 N–H and O–H groups in total. The number of ether oxygens (including phenoxy) is 1. The molecule has 2 aromatic carbocycles. The zero-order valence-electron chi connectivity index (χ0n) is 10.1. The van der Waals surface area contributed by atoms with E-state index < -0.39 is 0 Å². The Morgan fingerprint density at radius 2 is 1.84 bits per heavy atom. The summed E-state index contributed by atoms with van der Waals surface area (Å²) in [6, 6.07) is 15.1. The molecule has 0 spiro atoms. The van der Waals surface area contributed by atoms with E-state index in [1.54, 1.807) is 6.07 Å². The fraction of sp³-hybridized carbons (Fsp3) is 0.133. The van der Waals surface area contributed by atoms with Crippen molar-refractivity contribution in [1.29, 1.82) is 0 Å². The lowest BCUT2D eigenvalue weighted by Crippen LogP contribution is -2.11. The molecule has 0 radical (unpaired) electrons. The molecule has 0 fully saturated rings. The van der Waals surface area contributed by atoms with Crippen LogP contribution in [0.3, 0.4) is 0 Å². The third-order valence-corrected chi connectivity index (χ3v) is 3.96. The van der Waals surface area contributed by atoms with Gasteiger partial charge in [-0.15, -0.1) is 0 Å². The van der Waals surface area contributed by atoms with Crippen LogP contribution in [0.2, 0.25) is 0 Å². The molecule has 2 nitrogen and oxygen atoms in total. The van der Waals surface area contributed by atoms with E-state index >= 15 is 0 Å². The average Bonchev–Trinajstić information content (AvgIpc) is 2.42. The molecule has 98 valence electrons. The summed E-state index contributed by atoms with van der Waals surface area (Å²) in [4.78, 5) is 11.8. The van der Waals surface area contributed by atoms with Gasteiger partial charge in [0.15, 0.2) is 0 Å². The van der Waals surface area contributed by atoms with Gasteiger partial charge in [0.2, 0.25) is 0 Å². The first-order valence-corrected chi connectivity index (χ1v) is 7.69. The van der Waals surface area contributed by atoms with Gasteiger partial charge in [0, 0.05) is 9.80 Å². The molecule has 0 saturated carbocycles. The van der Waals surface area contributed by atoms with E-state index in [0.29, 0.717) is 11.1 Å². The van der Waals surface area contributed by atoms with E-state index in [0.717, 1.165) is 15.6 Å². The van der Waals surface area contributed by atoms with Gasteiger partial charge in [0.25, 0.3) is 0 Å². The van der Waals surface area contributed by atoms with Crippen molar-refractivity contribution < 1.29 is 9.53 Å². The van der Waals surface area contributed by atoms with Gasteiger partial charge in [-0.05, 0) is 29.3 Å². The Morgan fingerprint density at radius 3 is 2.53 bits per heavy atom. The van der Waals surface area contributed by atoms with E-state index in [4.69, 9.17) is 4.74 Å². The predicted octanol–water partition coefficient (Wildman–Crippen LogP) is 4.49. The quantitative estimate of drug-likeness (QED) is 0.441. The highest BCUT2D eigenvalue weighted by molar-refractivity contribution is 9.10. The fourth-order valence-corrected chi connectivity index (χ4v) is 2.87. The average molecular weight is 384 g/mol. The molecule has 0 saturated heterocycles. The topological polar surface area (TPSA) is 26.3 Å². The van der Waals surface area contributed by atoms with Crippen LogP contribution >= 0.6 is 31.9 Å². The second kappa shape index (κ2) is 6.87. The number of hydrogen-bond donors (Lipinski definition) is 0. The van der Waals surface area contributed by atoms with Gasteiger partial charge in [-0.25, -0.2) is 0 Å². The molecule has 0 atom stereocenters. The maximum absolute atomic E-state index is 11.8. The molecule has 2 aromatic rings. The second-order valence-corrected chi connectivity index (χ2v) is 5.44. The Bertz CT molecular complexity index is 568. The van der Waals surface area contributed by atoms with Gasteiger partial charge in [-0.1, -0.05) is 62.2 Å². The summed E-state index contributed by atoms with van der Waals surface area (Å²) in [6.45, 7) is 0. The maximum atomic E-state index is 11.8. The summed E-state index contributed by atoms with van der Waals surface area (Å²) in [6.07, 6.45) is 0.278. The van der Waals surface area contributed by atoms with E-state index in [1.165, 1.54) is 0 Å². The smallest absolute Gasteiger partial charge is 0.315 e. The summed E-state index contributed by atoms with van der Waals surface area (Å²) < 4.78 is 6.33. The summed E-state index contributed by atoms with van der Waals surface area (Å²) in [7, 11) is 0. The molecule has 2 rings (SSSR count). The van der Waals surface area contributed by atoms with Crippen LogP contribution in [0.1, 0.15) is 11.1 Å². The minimum atomic E-state index is -0.256. The zero-order valence-corrected chi connectivity index (χ0v) is 13.3. The molecule has 19 heavy (non-hydrogen) atoms. The van der Waals surface area contributed by atoms with Crippen molar-refractivity contribution >= 4 is 37.8 Å². The van der Waals surface area contributed by atoms with Gasteiger partial charge >= 0.3 is 5.97 Å². The molecule has 0 aromatic heterocycles. The van der Waals surface area contributed by atoms with Crippen molar-refractivity contribution in [3.63, 3.8) is 0 Å². The van der Waals surface area contributed by atoms with Crippen molar-refractivity contribution in [3.8, 4) is 5.75 Å². The predicted molar refractivity (Wildman–Crippen MR) is 82.6 cm³/mol. The van der Waals surface area contributed by atoms with Gasteiger partial charge in [0.05, 0.1) is 6.42 Å². The number of carbonyl (C=O) groups is 1. The standard InChI is InChI=1S/C15H12Br2O2/c16-10-12-9-13(6-7-14(12)17)19-15(18)8-11-4-2-1-3-5-11/h1-7,9H,8,10H2. The first kappa shape index (κ1) is 14.3. The molecule has 0 unspecified atom stereocenters. The number of alkyl halides is 1. The number of rotatable bonds is 4. The lowest BCUT2D eigenvalue weighted by atomic mass is 10.1. The lowest BCUT2D eigenvalue weighted by molar-refractivity contribution is -0.133. The second-order valence-electron chi connectivity index (χ2n) is 4.02. The highest BCUT2D eigenvalue weighted by atomic mass is 79.9. The zero-order chi connectivity index (χ0) is 13.7. The lowest BCUT2D eigenvalue weighted by Gasteiger charge is -2.07. The Morgan fingerprint density at radius 1 is 1.11 bits per heavy atom. The molecule has 4 heteroatoms. The van der Waals surface area contributed by atoms with Crippen molar-refractivity contribution in [3.05, 3.63) is 64.1 Å². The maximum Gasteiger partial charge on any atom is 0.315 e. The summed E-state index contributed by atoms with van der Waals surface area (Å²) in [5.74, 6) is 0.313. The minimum Gasteiger partial charge on any atom is -0.426 e. The number of benzene rings is 2. The molecular weight excluding hydrogens is 372 g/mol. The van der Waals surface area contributed by atoms with E-state index in [9.17, 15) is 4.79 Å². The Kier molecular flexibility index (Phi) is 5.16. The van der Waals surface area contributed by atoms with Crippen LogP contribution in [0.25, 0.3) is 0 Å². The number of esters is 1. The summed E-state index contributed by atoms with van der Waals surface area (Å²) >= 11 is 6.83. The molecule has 0 heterocycles. The monoisotopic (exact) mass is 382 g/mol. The van der Waals surface area contributed by atoms with Crippen LogP contribution in [-0.4, -0.2) is 5.97 Å². The highest BCUT2D eigenvalue weighted by Gasteiger charge is 2.08. The van der Waals surface area contributed by atoms with Gasteiger partial charge < -0.3 is 4.74 Å². The largest absolute Gasteiger partial charge is 0.426 e. The van der Waals surface area contributed by atoms with Crippen LogP contribution in [0.4, 0.5) is 0 Å². The molecule has 0 aliphatic rings. The third-order valence-electron chi connectivity index (χ3n) is 2.58. The SMILES string of the molecule is O=C(Cc1ccccc1)Oc1ccc(Br)c(CBr)c1. The first-order chi connectivity index (χ1) is 9.19. The van der Waals surface area contributed by atoms with E-state index in [1.807, 2.05) is 42.5 Å². The summed E-state index contributed by atoms with van der Waals surface area (Å²) in [5, 5.41) is 0.706. The minimum absolute atomic E-state index is 0.256. The van der Waals surface area contributed by atoms with E-state index in [-0.39, 0.29) is 12.4 Å². The molecular formula is C15H12Br2O2. The molecule has 0 aliphatic carbocycles. The fourth-order valence-electron chi connectivity index (χ4n) is 1.65. The van der Waals surface area contributed by atoms with Crippen LogP contribution in [-0.2, 0) is 16.5 Å². The molecule has 0 aliphatic heterocycles. The Labute approximate surface area is 129 Å². The number of halogens is 2. The van der Waals surface area contributed by atoms with Crippen molar-refractivity contribution in [2.75, 3.05) is 0 Å². The number of carbonyl (C=O) groups excluding carboxylic acids is 1. The van der Waals surface area contributed by atoms with Gasteiger partial charge in [-0.2, -0.15) is 0 Å². The Hall–Kier alpha value is -1.13. The van der Waals surface area contributed by atoms with Gasteiger partial charge in [0.1, 0.15) is 5.75 Å². The van der Waals surface area contributed by atoms with Crippen LogP contribution < -0.4 is 4.74 Å². The van der Waals surface area contributed by atoms with Gasteiger partial charge in [-0.3, -0.25) is 4.79 Å². The van der Waals surface area contributed by atoms with Crippen molar-refractivity contribution in [2.24, 2.45) is 0 Å². The number of hydrogen-bond acceptors (Lipinski definition) is 2. The molecule has 0 amide bonds. The normalized spacial score (nSPS) is 10.2. The highest BCUT2D eigenvalue weighted by Crippen LogP contribution is 2.24.